The van der Waals surface area contributed by atoms with Crippen molar-refractivity contribution in [2.75, 3.05) is 11.9 Å². The second kappa shape index (κ2) is 5.36. The van der Waals surface area contributed by atoms with E-state index in [1.54, 1.807) is 6.07 Å². The molecule has 9 heteroatoms. The van der Waals surface area contributed by atoms with Gasteiger partial charge in [0.25, 0.3) is 5.82 Å². The van der Waals surface area contributed by atoms with Gasteiger partial charge in [0.15, 0.2) is 5.65 Å². The van der Waals surface area contributed by atoms with E-state index in [0.29, 0.717) is 23.4 Å². The standard InChI is InChI=1S/C15H12F3N5O/c16-15(17,18)14-21-20-13-6-5-12(22-23(13)14)19-10-7-8-24-11-4-2-1-3-9(10)11/h1-6,10H,7-8H2,(H,19,22)/t10-/m1/s1. The Labute approximate surface area is 134 Å². The highest BCUT2D eigenvalue weighted by Crippen LogP contribution is 2.34. The molecule has 1 aliphatic rings. The average Bonchev–Trinajstić information content (AvgIpc) is 2.99. The Bertz CT molecular complexity index is 892. The highest BCUT2D eigenvalue weighted by Gasteiger charge is 2.37. The van der Waals surface area contributed by atoms with E-state index in [4.69, 9.17) is 4.74 Å². The fourth-order valence-corrected chi connectivity index (χ4v) is 2.71. The zero-order chi connectivity index (χ0) is 16.7. The lowest BCUT2D eigenvalue weighted by atomic mass is 10.0. The fourth-order valence-electron chi connectivity index (χ4n) is 2.71. The van der Waals surface area contributed by atoms with Crippen molar-refractivity contribution in [1.29, 1.82) is 0 Å². The van der Waals surface area contributed by atoms with Crippen molar-refractivity contribution >= 4 is 11.5 Å². The number of hydrogen-bond acceptors (Lipinski definition) is 5. The molecule has 3 heterocycles. The Morgan fingerprint density at radius 2 is 1.96 bits per heavy atom. The van der Waals surface area contributed by atoms with Gasteiger partial charge in [-0.1, -0.05) is 18.2 Å². The van der Waals surface area contributed by atoms with Crippen LogP contribution in [0.25, 0.3) is 5.65 Å². The van der Waals surface area contributed by atoms with Gasteiger partial charge in [0.2, 0.25) is 0 Å². The molecule has 0 aliphatic carbocycles. The Morgan fingerprint density at radius 3 is 2.79 bits per heavy atom. The summed E-state index contributed by atoms with van der Waals surface area (Å²) in [5, 5.41) is 13.8. The summed E-state index contributed by atoms with van der Waals surface area (Å²) in [6.07, 6.45) is -3.93. The molecule has 1 atom stereocenters. The van der Waals surface area contributed by atoms with Crippen LogP contribution < -0.4 is 10.1 Å². The smallest absolute Gasteiger partial charge is 0.453 e. The van der Waals surface area contributed by atoms with Gasteiger partial charge >= 0.3 is 6.18 Å². The predicted octanol–water partition coefficient (Wildman–Crippen LogP) is 3.08. The molecule has 0 bridgehead atoms. The summed E-state index contributed by atoms with van der Waals surface area (Å²) in [5.74, 6) is -0.0642. The number of nitrogens with one attached hydrogen (secondary N) is 1. The Morgan fingerprint density at radius 1 is 1.12 bits per heavy atom. The van der Waals surface area contributed by atoms with Gasteiger partial charge in [-0.2, -0.15) is 17.7 Å². The first-order valence-corrected chi connectivity index (χ1v) is 7.30. The fraction of sp³-hybridized carbons (Fsp3) is 0.267. The Kier molecular flexibility index (Phi) is 3.29. The normalized spacial score (nSPS) is 17.4. The zero-order valence-electron chi connectivity index (χ0n) is 12.3. The van der Waals surface area contributed by atoms with Crippen molar-refractivity contribution in [1.82, 2.24) is 19.8 Å². The van der Waals surface area contributed by atoms with Crippen molar-refractivity contribution in [2.45, 2.75) is 18.6 Å². The summed E-state index contributed by atoms with van der Waals surface area (Å²) < 4.78 is 45.1. The number of aromatic nitrogens is 4. The quantitative estimate of drug-likeness (QED) is 0.780. The largest absolute Gasteiger partial charge is 0.493 e. The molecule has 6 nitrogen and oxygen atoms in total. The van der Waals surface area contributed by atoms with E-state index in [1.807, 2.05) is 24.3 Å². The number of anilines is 1. The summed E-state index contributed by atoms with van der Waals surface area (Å²) in [6, 6.07) is 10.5. The molecule has 24 heavy (non-hydrogen) atoms. The molecule has 2 aromatic heterocycles. The average molecular weight is 335 g/mol. The number of rotatable bonds is 2. The first-order chi connectivity index (χ1) is 11.5. The number of hydrogen-bond donors (Lipinski definition) is 1. The highest BCUT2D eigenvalue weighted by molar-refractivity contribution is 5.48. The molecule has 3 aromatic rings. The highest BCUT2D eigenvalue weighted by atomic mass is 19.4. The van der Waals surface area contributed by atoms with Gasteiger partial charge in [0.1, 0.15) is 11.6 Å². The van der Waals surface area contributed by atoms with Crippen molar-refractivity contribution < 1.29 is 17.9 Å². The van der Waals surface area contributed by atoms with Gasteiger partial charge < -0.3 is 10.1 Å². The number of fused-ring (bicyclic) bond motifs is 2. The molecular formula is C15H12F3N5O. The van der Waals surface area contributed by atoms with Gasteiger partial charge in [-0.3, -0.25) is 0 Å². The lowest BCUT2D eigenvalue weighted by molar-refractivity contribution is -0.146. The van der Waals surface area contributed by atoms with Crippen LogP contribution in [0.4, 0.5) is 19.0 Å². The zero-order valence-corrected chi connectivity index (χ0v) is 12.3. The predicted molar refractivity (Wildman–Crippen MR) is 78.7 cm³/mol. The summed E-state index contributed by atoms with van der Waals surface area (Å²) in [4.78, 5) is 0. The van der Waals surface area contributed by atoms with Crippen molar-refractivity contribution in [3.05, 3.63) is 47.8 Å². The summed E-state index contributed by atoms with van der Waals surface area (Å²) >= 11 is 0. The number of halogens is 3. The lowest BCUT2D eigenvalue weighted by Crippen LogP contribution is -2.21. The molecule has 0 radical (unpaired) electrons. The van der Waals surface area contributed by atoms with Gasteiger partial charge in [0, 0.05) is 12.0 Å². The number of benzene rings is 1. The molecule has 124 valence electrons. The van der Waals surface area contributed by atoms with E-state index in [2.05, 4.69) is 20.6 Å². The van der Waals surface area contributed by atoms with Crippen LogP contribution >= 0.6 is 0 Å². The van der Waals surface area contributed by atoms with Gasteiger partial charge in [-0.25, -0.2) is 0 Å². The maximum atomic E-state index is 12.9. The molecule has 0 spiro atoms. The molecular weight excluding hydrogens is 323 g/mol. The number of ether oxygens (including phenoxy) is 1. The molecule has 0 saturated heterocycles. The van der Waals surface area contributed by atoms with Crippen LogP contribution in [-0.2, 0) is 6.18 Å². The number of alkyl halides is 3. The van der Waals surface area contributed by atoms with Crippen molar-refractivity contribution in [2.24, 2.45) is 0 Å². The first kappa shape index (κ1) is 14.7. The summed E-state index contributed by atoms with van der Waals surface area (Å²) in [7, 11) is 0. The SMILES string of the molecule is FC(F)(F)c1nnc2ccc(N[C@@H]3CCOc4ccccc43)nn12. The van der Waals surface area contributed by atoms with E-state index >= 15 is 0 Å². The van der Waals surface area contributed by atoms with Crippen LogP contribution in [0.1, 0.15) is 23.9 Å². The van der Waals surface area contributed by atoms with Crippen LogP contribution in [-0.4, -0.2) is 26.4 Å². The first-order valence-electron chi connectivity index (χ1n) is 7.30. The number of nitrogens with zero attached hydrogens (tertiary/aromatic N) is 4. The third-order valence-corrected chi connectivity index (χ3v) is 3.80. The lowest BCUT2D eigenvalue weighted by Gasteiger charge is -2.26. The number of para-hydroxylation sites is 1. The summed E-state index contributed by atoms with van der Waals surface area (Å²) in [6.45, 7) is 0.525. The maximum absolute atomic E-state index is 12.9. The van der Waals surface area contributed by atoms with E-state index in [-0.39, 0.29) is 11.7 Å². The van der Waals surface area contributed by atoms with Crippen molar-refractivity contribution in [3.63, 3.8) is 0 Å². The maximum Gasteiger partial charge on any atom is 0.453 e. The molecule has 0 amide bonds. The Hall–Kier alpha value is -2.84. The molecule has 4 rings (SSSR count). The van der Waals surface area contributed by atoms with E-state index in [0.717, 1.165) is 11.3 Å². The second-order valence-corrected chi connectivity index (χ2v) is 5.38. The molecule has 1 aliphatic heterocycles. The van der Waals surface area contributed by atoms with E-state index in [1.165, 1.54) is 6.07 Å². The van der Waals surface area contributed by atoms with E-state index < -0.39 is 12.0 Å². The monoisotopic (exact) mass is 335 g/mol. The van der Waals surface area contributed by atoms with Crippen LogP contribution in [0.2, 0.25) is 0 Å². The third-order valence-electron chi connectivity index (χ3n) is 3.80. The molecule has 1 aromatic carbocycles. The molecule has 0 fully saturated rings. The third kappa shape index (κ3) is 2.51. The molecule has 1 N–H and O–H groups in total. The van der Waals surface area contributed by atoms with Gasteiger partial charge in [-0.05, 0) is 18.2 Å². The minimum atomic E-state index is -4.61. The second-order valence-electron chi connectivity index (χ2n) is 5.38. The van der Waals surface area contributed by atoms with Crippen LogP contribution in [0, 0.1) is 0 Å². The topological polar surface area (TPSA) is 64.3 Å². The van der Waals surface area contributed by atoms with Gasteiger partial charge in [0.05, 0.1) is 12.6 Å². The minimum absolute atomic E-state index is 0.0419. The van der Waals surface area contributed by atoms with Crippen LogP contribution in [0.15, 0.2) is 36.4 Å². The molecule has 0 saturated carbocycles. The summed E-state index contributed by atoms with van der Waals surface area (Å²) in [5.41, 5.74) is 0.991. The van der Waals surface area contributed by atoms with Crippen molar-refractivity contribution in [3.8, 4) is 5.75 Å². The van der Waals surface area contributed by atoms with E-state index in [9.17, 15) is 13.2 Å². The molecule has 0 unspecified atom stereocenters. The minimum Gasteiger partial charge on any atom is -0.493 e. The van der Waals surface area contributed by atoms with Gasteiger partial charge in [-0.15, -0.1) is 15.3 Å². The Balaban J connectivity index is 1.69. The van der Waals surface area contributed by atoms with Crippen LogP contribution in [0.5, 0.6) is 5.75 Å². The van der Waals surface area contributed by atoms with Crippen LogP contribution in [0.3, 0.4) is 0 Å².